The zero-order chi connectivity index (χ0) is 18.4. The molecule has 0 unspecified atom stereocenters. The first kappa shape index (κ1) is 17.1. The predicted molar refractivity (Wildman–Crippen MR) is 77.7 cm³/mol. The van der Waals surface area contributed by atoms with Crippen molar-refractivity contribution in [1.82, 2.24) is 19.9 Å². The molecule has 2 aromatic heterocycles. The van der Waals surface area contributed by atoms with Gasteiger partial charge in [0, 0.05) is 12.2 Å². The van der Waals surface area contributed by atoms with Crippen LogP contribution in [0.2, 0.25) is 0 Å². The minimum atomic E-state index is -4.69. The molecule has 0 spiro atoms. The van der Waals surface area contributed by atoms with Gasteiger partial charge in [-0.2, -0.15) is 5.10 Å². The molecule has 0 aromatic carbocycles. The molecule has 134 valence electrons. The minimum Gasteiger partial charge on any atom is -0.365 e. The first-order valence-electron chi connectivity index (χ1n) is 7.35. The molecule has 3 rings (SSSR count). The fraction of sp³-hybridized carbons (Fsp3) is 0.429. The molecule has 2 heterocycles. The number of nitrogens with one attached hydrogen (secondary N) is 1. The third-order valence-electron chi connectivity index (χ3n) is 3.90. The Bertz CT molecular complexity index is 842. The van der Waals surface area contributed by atoms with E-state index in [4.69, 9.17) is 5.73 Å². The molecular formula is C14H14F3N5O3. The quantitative estimate of drug-likeness (QED) is 0.846. The number of aryl methyl sites for hydroxylation is 1. The van der Waals surface area contributed by atoms with Crippen molar-refractivity contribution >= 4 is 17.5 Å². The zero-order valence-electron chi connectivity index (χ0n) is 13.0. The molecule has 0 aliphatic heterocycles. The van der Waals surface area contributed by atoms with Crippen molar-refractivity contribution in [2.45, 2.75) is 38.3 Å². The Morgan fingerprint density at radius 2 is 2.08 bits per heavy atom. The summed E-state index contributed by atoms with van der Waals surface area (Å²) in [5.41, 5.74) is 5.96. The summed E-state index contributed by atoms with van der Waals surface area (Å²) in [7, 11) is 0. The first-order chi connectivity index (χ1) is 11.7. The van der Waals surface area contributed by atoms with E-state index in [1.807, 2.05) is 0 Å². The second kappa shape index (κ2) is 5.99. The van der Waals surface area contributed by atoms with Gasteiger partial charge in [-0.3, -0.25) is 14.3 Å². The Labute approximate surface area is 139 Å². The van der Waals surface area contributed by atoms with Gasteiger partial charge in [0.05, 0.1) is 11.8 Å². The maximum Gasteiger partial charge on any atom is 0.522 e. The molecule has 0 bridgehead atoms. The van der Waals surface area contributed by atoms with E-state index in [1.165, 1.54) is 16.8 Å². The highest BCUT2D eigenvalue weighted by molar-refractivity contribution is 6.01. The lowest BCUT2D eigenvalue weighted by atomic mass is 9.89. The van der Waals surface area contributed by atoms with Crippen LogP contribution in [0.5, 0.6) is 0 Å². The van der Waals surface area contributed by atoms with E-state index in [2.05, 4.69) is 20.1 Å². The Kier molecular flexibility index (Phi) is 4.11. The highest BCUT2D eigenvalue weighted by Gasteiger charge is 2.40. The molecule has 1 saturated carbocycles. The van der Waals surface area contributed by atoms with Gasteiger partial charge in [-0.15, -0.1) is 13.2 Å². The van der Waals surface area contributed by atoms with Gasteiger partial charge in [0.2, 0.25) is 0 Å². The fourth-order valence-corrected chi connectivity index (χ4v) is 2.74. The van der Waals surface area contributed by atoms with Crippen LogP contribution in [-0.2, 0) is 4.74 Å². The number of rotatable bonds is 4. The van der Waals surface area contributed by atoms with Gasteiger partial charge in [0.25, 0.3) is 11.8 Å². The van der Waals surface area contributed by atoms with Crippen molar-refractivity contribution in [2.24, 2.45) is 5.73 Å². The normalized spacial score (nSPS) is 20.3. The van der Waals surface area contributed by atoms with E-state index in [9.17, 15) is 22.8 Å². The predicted octanol–water partition coefficient (Wildman–Crippen LogP) is 0.934. The number of nitrogens with two attached hydrogens (primary N) is 1. The van der Waals surface area contributed by atoms with Crippen molar-refractivity contribution in [3.8, 4) is 0 Å². The molecule has 0 atom stereocenters. The number of aromatic nitrogens is 3. The van der Waals surface area contributed by atoms with E-state index >= 15 is 0 Å². The van der Waals surface area contributed by atoms with Gasteiger partial charge in [-0.05, 0) is 25.8 Å². The highest BCUT2D eigenvalue weighted by atomic mass is 19.4. The van der Waals surface area contributed by atoms with Gasteiger partial charge >= 0.3 is 6.36 Å². The lowest BCUT2D eigenvalue weighted by Crippen LogP contribution is -2.49. The van der Waals surface area contributed by atoms with Crippen LogP contribution >= 0.6 is 0 Å². The molecule has 2 aromatic rings. The second-order valence-corrected chi connectivity index (χ2v) is 5.72. The smallest absolute Gasteiger partial charge is 0.365 e. The number of carbonyl (C=O) groups is 2. The largest absolute Gasteiger partial charge is 0.522 e. The summed E-state index contributed by atoms with van der Waals surface area (Å²) in [6.07, 6.45) is -4.20. The number of hydrogen-bond acceptors (Lipinski definition) is 5. The molecule has 1 fully saturated rings. The van der Waals surface area contributed by atoms with E-state index in [1.54, 1.807) is 6.92 Å². The Hall–Kier alpha value is -2.69. The van der Waals surface area contributed by atoms with Crippen LogP contribution in [-0.4, -0.2) is 44.9 Å². The van der Waals surface area contributed by atoms with Gasteiger partial charge in [-0.25, -0.2) is 9.50 Å². The number of alkyl halides is 3. The van der Waals surface area contributed by atoms with Gasteiger partial charge < -0.3 is 11.1 Å². The number of carbonyl (C=O) groups excluding carboxylic acids is 2. The molecular weight excluding hydrogens is 343 g/mol. The van der Waals surface area contributed by atoms with E-state index in [0.717, 1.165) is 0 Å². The van der Waals surface area contributed by atoms with Gasteiger partial charge in [0.1, 0.15) is 11.3 Å². The standard InChI is InChI=1S/C14H14F3N5O3/c1-6-10(11(18)23)12-19-3-2-9(22(12)21-6)13(24)20-7-4-8(5-7)25-14(15,16)17/h2-3,7-8H,4-5H2,1H3,(H2,18,23)(H,20,24). The molecule has 0 radical (unpaired) electrons. The maximum atomic E-state index is 12.4. The number of nitrogens with zero attached hydrogens (tertiary/aromatic N) is 3. The summed E-state index contributed by atoms with van der Waals surface area (Å²) in [5, 5.41) is 6.70. The summed E-state index contributed by atoms with van der Waals surface area (Å²) in [6.45, 7) is 1.56. The van der Waals surface area contributed by atoms with Crippen molar-refractivity contribution < 1.29 is 27.5 Å². The monoisotopic (exact) mass is 357 g/mol. The molecule has 3 N–H and O–H groups in total. The first-order valence-corrected chi connectivity index (χ1v) is 7.35. The van der Waals surface area contributed by atoms with Crippen LogP contribution in [0.25, 0.3) is 5.65 Å². The lowest BCUT2D eigenvalue weighted by molar-refractivity contribution is -0.351. The molecule has 11 heteroatoms. The topological polar surface area (TPSA) is 112 Å². The fourth-order valence-electron chi connectivity index (χ4n) is 2.74. The zero-order valence-corrected chi connectivity index (χ0v) is 13.0. The van der Waals surface area contributed by atoms with Crippen LogP contribution in [0.1, 0.15) is 39.4 Å². The average molecular weight is 357 g/mol. The van der Waals surface area contributed by atoms with Crippen LogP contribution in [0.15, 0.2) is 12.3 Å². The van der Waals surface area contributed by atoms with E-state index in [0.29, 0.717) is 5.69 Å². The number of ether oxygens (including phenoxy) is 1. The summed E-state index contributed by atoms with van der Waals surface area (Å²) in [6, 6.07) is 0.956. The molecule has 1 aliphatic rings. The number of halogens is 3. The minimum absolute atomic E-state index is 0.0597. The summed E-state index contributed by atoms with van der Waals surface area (Å²) in [4.78, 5) is 27.9. The Morgan fingerprint density at radius 3 is 2.68 bits per heavy atom. The maximum absolute atomic E-state index is 12.4. The van der Waals surface area contributed by atoms with Crippen LogP contribution < -0.4 is 11.1 Å². The van der Waals surface area contributed by atoms with Crippen LogP contribution in [0.3, 0.4) is 0 Å². The number of hydrogen-bond donors (Lipinski definition) is 2. The SMILES string of the molecule is Cc1nn2c(C(=O)NC3CC(OC(F)(F)F)C3)ccnc2c1C(N)=O. The molecule has 2 amide bonds. The Balaban J connectivity index is 1.74. The van der Waals surface area contributed by atoms with Crippen molar-refractivity contribution in [1.29, 1.82) is 0 Å². The van der Waals surface area contributed by atoms with Crippen LogP contribution in [0.4, 0.5) is 13.2 Å². The van der Waals surface area contributed by atoms with Gasteiger partial charge in [0.15, 0.2) is 5.65 Å². The Morgan fingerprint density at radius 1 is 1.40 bits per heavy atom. The van der Waals surface area contributed by atoms with Crippen LogP contribution in [0, 0.1) is 6.92 Å². The summed E-state index contributed by atoms with van der Waals surface area (Å²) < 4.78 is 41.4. The molecule has 1 aliphatic carbocycles. The summed E-state index contributed by atoms with van der Waals surface area (Å²) >= 11 is 0. The summed E-state index contributed by atoms with van der Waals surface area (Å²) in [5.74, 6) is -1.26. The lowest BCUT2D eigenvalue weighted by Gasteiger charge is -2.35. The van der Waals surface area contributed by atoms with E-state index < -0.39 is 30.3 Å². The highest BCUT2D eigenvalue weighted by Crippen LogP contribution is 2.30. The molecule has 25 heavy (non-hydrogen) atoms. The number of amides is 2. The van der Waals surface area contributed by atoms with Crippen molar-refractivity contribution in [3.63, 3.8) is 0 Å². The number of primary amides is 1. The third-order valence-corrected chi connectivity index (χ3v) is 3.90. The average Bonchev–Trinajstić information content (AvgIpc) is 2.79. The number of fused-ring (bicyclic) bond motifs is 1. The second-order valence-electron chi connectivity index (χ2n) is 5.72. The molecule has 8 nitrogen and oxygen atoms in total. The van der Waals surface area contributed by atoms with Crippen molar-refractivity contribution in [2.75, 3.05) is 0 Å². The molecule has 0 saturated heterocycles. The van der Waals surface area contributed by atoms with Crippen molar-refractivity contribution in [3.05, 3.63) is 29.2 Å². The van der Waals surface area contributed by atoms with E-state index in [-0.39, 0.29) is 29.7 Å². The third kappa shape index (κ3) is 3.40. The van der Waals surface area contributed by atoms with Gasteiger partial charge in [-0.1, -0.05) is 0 Å².